The molecule has 0 spiro atoms. The fraction of sp³-hybridized carbons (Fsp3) is 0.0476. The van der Waals surface area contributed by atoms with Crippen LogP contribution in [0.5, 0.6) is 0 Å². The van der Waals surface area contributed by atoms with Crippen LogP contribution < -0.4 is 5.11 Å². The Balaban J connectivity index is 1.78. The Labute approximate surface area is 160 Å². The van der Waals surface area contributed by atoms with E-state index in [2.05, 4.69) is 5.10 Å². The van der Waals surface area contributed by atoms with Crippen molar-refractivity contribution in [3.63, 3.8) is 0 Å². The van der Waals surface area contributed by atoms with E-state index in [1.54, 1.807) is 47.4 Å². The number of hydrogen-bond donors (Lipinski definition) is 0. The highest BCUT2D eigenvalue weighted by Crippen LogP contribution is 2.30. The van der Waals surface area contributed by atoms with E-state index in [4.69, 9.17) is 0 Å². The summed E-state index contributed by atoms with van der Waals surface area (Å²) in [4.78, 5) is 37.0. The first kappa shape index (κ1) is 17.4. The molecule has 28 heavy (non-hydrogen) atoms. The summed E-state index contributed by atoms with van der Waals surface area (Å²) >= 11 is 0. The number of aromatic nitrogens is 2. The Morgan fingerprint density at radius 3 is 2.36 bits per heavy atom. The molecule has 2 aromatic carbocycles. The third-order valence-electron chi connectivity index (χ3n) is 4.39. The van der Waals surface area contributed by atoms with E-state index in [1.165, 1.54) is 0 Å². The number of aliphatic carboxylic acids is 1. The maximum Gasteiger partial charge on any atom is 0.261 e. The largest absolute Gasteiger partial charge is 0.548 e. The number of carbonyl (C=O) groups excluding carboxylic acids is 3. The predicted molar refractivity (Wildman–Crippen MR) is 98.9 cm³/mol. The van der Waals surface area contributed by atoms with Crippen LogP contribution in [0.4, 0.5) is 0 Å². The highest BCUT2D eigenvalue weighted by molar-refractivity contribution is 6.34. The Morgan fingerprint density at radius 1 is 0.964 bits per heavy atom. The van der Waals surface area contributed by atoms with Gasteiger partial charge in [0, 0.05) is 22.9 Å². The summed E-state index contributed by atoms with van der Waals surface area (Å²) in [6.45, 7) is -0.799. The number of carbonyl (C=O) groups is 3. The summed E-state index contributed by atoms with van der Waals surface area (Å²) in [6, 6.07) is 16.1. The van der Waals surface area contributed by atoms with Crippen LogP contribution in [0.1, 0.15) is 21.5 Å². The summed E-state index contributed by atoms with van der Waals surface area (Å²) in [5.41, 5.74) is 2.45. The third kappa shape index (κ3) is 3.09. The van der Waals surface area contributed by atoms with E-state index in [0.29, 0.717) is 16.0 Å². The average molecular weight is 372 g/mol. The summed E-state index contributed by atoms with van der Waals surface area (Å²) in [5.74, 6) is -2.83. The molecule has 0 saturated carbocycles. The number of carboxylic acids is 1. The first-order valence-electron chi connectivity index (χ1n) is 8.52. The SMILES string of the molecule is O=C([O-])CN1C(=O)C(=Cc2cnn(-c3ccccc3)c2)c2ccccc2C1=O. The summed E-state index contributed by atoms with van der Waals surface area (Å²) < 4.78 is 1.66. The summed E-state index contributed by atoms with van der Waals surface area (Å²) in [7, 11) is 0. The maximum atomic E-state index is 12.8. The van der Waals surface area contributed by atoms with Gasteiger partial charge in [-0.05, 0) is 29.8 Å². The summed E-state index contributed by atoms with van der Waals surface area (Å²) in [6.07, 6.45) is 4.94. The van der Waals surface area contributed by atoms with Crippen LogP contribution in [0.15, 0.2) is 67.0 Å². The quantitative estimate of drug-likeness (QED) is 0.506. The second-order valence-corrected chi connectivity index (χ2v) is 6.23. The minimum Gasteiger partial charge on any atom is -0.548 e. The van der Waals surface area contributed by atoms with Crippen LogP contribution in [0.3, 0.4) is 0 Å². The number of imide groups is 1. The van der Waals surface area contributed by atoms with E-state index in [-0.39, 0.29) is 11.1 Å². The molecule has 1 aromatic heterocycles. The number of hydrogen-bond acceptors (Lipinski definition) is 5. The smallest absolute Gasteiger partial charge is 0.261 e. The van der Waals surface area contributed by atoms with Crippen LogP contribution in [0, 0.1) is 0 Å². The standard InChI is InChI=1S/C21H15N3O4/c25-19(26)13-23-20(27)17-9-5-4-8-16(17)18(21(23)28)10-14-11-22-24(12-14)15-6-2-1-3-7-15/h1-12H,13H2,(H,25,26)/p-1. The van der Waals surface area contributed by atoms with E-state index in [1.807, 2.05) is 30.3 Å². The molecule has 0 N–H and O–H groups in total. The van der Waals surface area contributed by atoms with Crippen LogP contribution in [-0.4, -0.2) is 39.0 Å². The van der Waals surface area contributed by atoms with Gasteiger partial charge in [0.25, 0.3) is 11.8 Å². The number of fused-ring (bicyclic) bond motifs is 1. The van der Waals surface area contributed by atoms with E-state index in [0.717, 1.165) is 5.69 Å². The second-order valence-electron chi connectivity index (χ2n) is 6.23. The lowest BCUT2D eigenvalue weighted by atomic mass is 9.92. The molecule has 0 atom stereocenters. The molecule has 1 aliphatic heterocycles. The Hall–Kier alpha value is -4.00. The number of amides is 2. The molecule has 7 nitrogen and oxygen atoms in total. The number of carboxylic acid groups (broad SMARTS) is 1. The molecule has 1 aliphatic rings. The number of nitrogens with zero attached hydrogens (tertiary/aromatic N) is 3. The zero-order valence-corrected chi connectivity index (χ0v) is 14.6. The van der Waals surface area contributed by atoms with Crippen molar-refractivity contribution in [3.05, 3.63) is 83.7 Å². The highest BCUT2D eigenvalue weighted by atomic mass is 16.4. The third-order valence-corrected chi connectivity index (χ3v) is 4.39. The van der Waals surface area contributed by atoms with Gasteiger partial charge in [-0.2, -0.15) is 5.10 Å². The average Bonchev–Trinajstić information content (AvgIpc) is 3.18. The number of para-hydroxylation sites is 1. The number of benzene rings is 2. The first-order chi connectivity index (χ1) is 13.5. The van der Waals surface area contributed by atoms with Crippen molar-refractivity contribution < 1.29 is 19.5 Å². The lowest BCUT2D eigenvalue weighted by molar-refractivity contribution is -0.305. The van der Waals surface area contributed by atoms with Gasteiger partial charge in [-0.25, -0.2) is 4.68 Å². The van der Waals surface area contributed by atoms with Crippen molar-refractivity contribution in [1.29, 1.82) is 0 Å². The van der Waals surface area contributed by atoms with Crippen LogP contribution >= 0.6 is 0 Å². The van der Waals surface area contributed by atoms with Gasteiger partial charge in [0.05, 0.1) is 24.4 Å². The summed E-state index contributed by atoms with van der Waals surface area (Å²) in [5, 5.41) is 15.3. The van der Waals surface area contributed by atoms with Crippen molar-refractivity contribution in [2.75, 3.05) is 6.54 Å². The van der Waals surface area contributed by atoms with Gasteiger partial charge < -0.3 is 9.90 Å². The Bertz CT molecular complexity index is 1120. The molecule has 0 fully saturated rings. The maximum absolute atomic E-state index is 12.8. The molecular formula is C21H14N3O4-. The van der Waals surface area contributed by atoms with Gasteiger partial charge in [-0.15, -0.1) is 0 Å². The molecule has 138 valence electrons. The fourth-order valence-corrected chi connectivity index (χ4v) is 3.11. The lowest BCUT2D eigenvalue weighted by Gasteiger charge is -2.28. The molecule has 2 amide bonds. The van der Waals surface area contributed by atoms with Gasteiger partial charge in [-0.3, -0.25) is 14.5 Å². The fourth-order valence-electron chi connectivity index (χ4n) is 3.11. The zero-order valence-electron chi connectivity index (χ0n) is 14.6. The second kappa shape index (κ2) is 6.96. The van der Waals surface area contributed by atoms with Gasteiger partial charge in [-0.1, -0.05) is 36.4 Å². The molecule has 4 rings (SSSR count). The molecule has 0 saturated heterocycles. The van der Waals surface area contributed by atoms with Crippen molar-refractivity contribution >= 4 is 29.4 Å². The van der Waals surface area contributed by atoms with Crippen molar-refractivity contribution in [1.82, 2.24) is 14.7 Å². The topological polar surface area (TPSA) is 95.3 Å². The molecule has 0 bridgehead atoms. The van der Waals surface area contributed by atoms with E-state index < -0.39 is 24.3 Å². The molecular weight excluding hydrogens is 358 g/mol. The molecule has 2 heterocycles. The van der Waals surface area contributed by atoms with Crippen LogP contribution in [-0.2, 0) is 9.59 Å². The minimum atomic E-state index is -1.50. The lowest BCUT2D eigenvalue weighted by Crippen LogP contribution is -2.47. The molecule has 7 heteroatoms. The molecule has 3 aromatic rings. The van der Waals surface area contributed by atoms with Gasteiger partial charge in [0.1, 0.15) is 0 Å². The molecule has 0 unspecified atom stereocenters. The van der Waals surface area contributed by atoms with Gasteiger partial charge in [0.2, 0.25) is 0 Å². The molecule has 0 radical (unpaired) electrons. The van der Waals surface area contributed by atoms with Crippen LogP contribution in [0.25, 0.3) is 17.3 Å². The van der Waals surface area contributed by atoms with Gasteiger partial charge >= 0.3 is 0 Å². The van der Waals surface area contributed by atoms with Crippen molar-refractivity contribution in [2.45, 2.75) is 0 Å². The van der Waals surface area contributed by atoms with Crippen molar-refractivity contribution in [3.8, 4) is 5.69 Å². The van der Waals surface area contributed by atoms with Crippen LogP contribution in [0.2, 0.25) is 0 Å². The van der Waals surface area contributed by atoms with E-state index >= 15 is 0 Å². The normalized spacial score (nSPS) is 15.0. The van der Waals surface area contributed by atoms with Crippen molar-refractivity contribution in [2.24, 2.45) is 0 Å². The Kier molecular flexibility index (Phi) is 4.33. The highest BCUT2D eigenvalue weighted by Gasteiger charge is 2.34. The number of rotatable bonds is 4. The predicted octanol–water partition coefficient (Wildman–Crippen LogP) is 1.15. The zero-order chi connectivity index (χ0) is 19.7. The molecule has 0 aliphatic carbocycles. The first-order valence-corrected chi connectivity index (χ1v) is 8.52. The monoisotopic (exact) mass is 372 g/mol. The minimum absolute atomic E-state index is 0.226. The van der Waals surface area contributed by atoms with E-state index in [9.17, 15) is 19.5 Å². The Morgan fingerprint density at radius 2 is 1.64 bits per heavy atom. The van der Waals surface area contributed by atoms with Gasteiger partial charge in [0.15, 0.2) is 0 Å².